The van der Waals surface area contributed by atoms with E-state index in [2.05, 4.69) is 22.0 Å². The van der Waals surface area contributed by atoms with E-state index in [-0.39, 0.29) is 35.9 Å². The molecule has 0 spiro atoms. The van der Waals surface area contributed by atoms with E-state index in [4.69, 9.17) is 25.2 Å². The number of aromatic nitrogens is 4. The number of hydrogen-bond acceptors (Lipinski definition) is 7. The van der Waals surface area contributed by atoms with Gasteiger partial charge in [-0.3, -0.25) is 9.59 Å². The molecule has 5 heterocycles. The van der Waals surface area contributed by atoms with Crippen molar-refractivity contribution in [2.45, 2.75) is 70.2 Å². The second kappa shape index (κ2) is 11.8. The predicted molar refractivity (Wildman–Crippen MR) is 172 cm³/mol. The lowest BCUT2D eigenvalue weighted by atomic mass is 10.0. The van der Waals surface area contributed by atoms with Crippen LogP contribution in [0.1, 0.15) is 67.5 Å². The number of nitrogens with one attached hydrogen (secondary N) is 1. The number of amides is 2. The molecule has 3 aliphatic rings. The highest BCUT2D eigenvalue weighted by atomic mass is 16.5. The summed E-state index contributed by atoms with van der Waals surface area (Å²) in [5, 5.41) is 4.23. The van der Waals surface area contributed by atoms with Crippen LogP contribution < -0.4 is 15.8 Å². The Hall–Kier alpha value is -3.96. The van der Waals surface area contributed by atoms with Crippen molar-refractivity contribution < 1.29 is 19.1 Å². The van der Waals surface area contributed by atoms with Crippen molar-refractivity contribution in [3.05, 3.63) is 41.6 Å². The quantitative estimate of drug-likeness (QED) is 0.353. The molecular weight excluding hydrogens is 570 g/mol. The third-order valence-electron chi connectivity index (χ3n) is 10.1. The fraction of sp³-hybridized carbons (Fsp3) is 0.529. The Morgan fingerprint density at radius 2 is 1.91 bits per heavy atom. The average molecular weight is 614 g/mol. The summed E-state index contributed by atoms with van der Waals surface area (Å²) in [6.45, 7) is 3.83. The maximum atomic E-state index is 13.6. The summed E-state index contributed by atoms with van der Waals surface area (Å²) < 4.78 is 15.6. The molecule has 3 aromatic heterocycles. The summed E-state index contributed by atoms with van der Waals surface area (Å²) in [5.41, 5.74) is 11.0. The molecule has 0 radical (unpaired) electrons. The molecule has 2 bridgehead atoms. The van der Waals surface area contributed by atoms with Crippen LogP contribution in [0.25, 0.3) is 33.6 Å². The van der Waals surface area contributed by atoms with Crippen molar-refractivity contribution in [1.29, 1.82) is 0 Å². The fourth-order valence-electron chi connectivity index (χ4n) is 7.37. The summed E-state index contributed by atoms with van der Waals surface area (Å²) in [4.78, 5) is 38.5. The first-order valence-electron chi connectivity index (χ1n) is 16.2. The molecule has 7 rings (SSSR count). The van der Waals surface area contributed by atoms with Crippen LogP contribution in [0.5, 0.6) is 5.75 Å². The zero-order valence-electron chi connectivity index (χ0n) is 26.6. The van der Waals surface area contributed by atoms with Gasteiger partial charge in [-0.2, -0.15) is 0 Å². The van der Waals surface area contributed by atoms with Gasteiger partial charge in [0.1, 0.15) is 16.9 Å². The topological polar surface area (TPSA) is 130 Å². The maximum Gasteiger partial charge on any atom is 0.254 e. The average Bonchev–Trinajstić information content (AvgIpc) is 3.63. The molecule has 45 heavy (non-hydrogen) atoms. The molecule has 11 heteroatoms. The molecule has 5 atom stereocenters. The molecule has 2 aliphatic heterocycles. The number of aryl methyl sites for hydroxylation is 2. The van der Waals surface area contributed by atoms with Gasteiger partial charge in [0, 0.05) is 56.7 Å². The first kappa shape index (κ1) is 29.7. The van der Waals surface area contributed by atoms with Crippen LogP contribution in [-0.4, -0.2) is 75.3 Å². The number of carbonyl (C=O) groups is 2. The van der Waals surface area contributed by atoms with Crippen LogP contribution in [0.4, 0.5) is 0 Å². The van der Waals surface area contributed by atoms with Gasteiger partial charge in [0.15, 0.2) is 5.82 Å². The number of piperidine rings is 1. The van der Waals surface area contributed by atoms with Crippen molar-refractivity contribution in [2.24, 2.45) is 24.6 Å². The Labute approximate surface area is 263 Å². The molecule has 238 valence electrons. The summed E-state index contributed by atoms with van der Waals surface area (Å²) in [6, 6.07) is 9.49. The monoisotopic (exact) mass is 613 g/mol. The van der Waals surface area contributed by atoms with Gasteiger partial charge >= 0.3 is 0 Å². The molecule has 0 unspecified atom stereocenters. The first-order chi connectivity index (χ1) is 21.8. The van der Waals surface area contributed by atoms with E-state index in [9.17, 15) is 9.59 Å². The van der Waals surface area contributed by atoms with Crippen LogP contribution in [0.3, 0.4) is 0 Å². The van der Waals surface area contributed by atoms with Crippen LogP contribution in [-0.2, 0) is 23.1 Å². The number of fused-ring (bicyclic) bond motifs is 3. The van der Waals surface area contributed by atoms with Gasteiger partial charge in [0.25, 0.3) is 5.91 Å². The summed E-state index contributed by atoms with van der Waals surface area (Å²) in [7, 11) is 5.27. The normalized spacial score (nSPS) is 25.7. The van der Waals surface area contributed by atoms with Crippen LogP contribution >= 0.6 is 0 Å². The maximum absolute atomic E-state index is 13.6. The number of rotatable bonds is 4. The van der Waals surface area contributed by atoms with Gasteiger partial charge < -0.3 is 34.6 Å². The van der Waals surface area contributed by atoms with Gasteiger partial charge in [-0.15, -0.1) is 0 Å². The van der Waals surface area contributed by atoms with Crippen LogP contribution in [0.2, 0.25) is 0 Å². The van der Waals surface area contributed by atoms with Gasteiger partial charge in [0.05, 0.1) is 36.2 Å². The molecule has 3 N–H and O–H groups in total. The number of benzene rings is 1. The molecule has 1 saturated heterocycles. The summed E-state index contributed by atoms with van der Waals surface area (Å²) in [5.74, 6) is 2.09. The lowest BCUT2D eigenvalue weighted by Crippen LogP contribution is -2.53. The van der Waals surface area contributed by atoms with Crippen molar-refractivity contribution in [1.82, 2.24) is 29.3 Å². The minimum Gasteiger partial charge on any atom is -0.494 e. The van der Waals surface area contributed by atoms with Gasteiger partial charge in [-0.25, -0.2) is 9.97 Å². The number of pyridine rings is 1. The molecule has 2 fully saturated rings. The van der Waals surface area contributed by atoms with Crippen molar-refractivity contribution in [3.8, 4) is 17.3 Å². The summed E-state index contributed by atoms with van der Waals surface area (Å²) in [6.07, 6.45) is 5.97. The molecule has 4 aromatic rings. The van der Waals surface area contributed by atoms with E-state index in [0.29, 0.717) is 42.3 Å². The number of imidazole rings is 1. The molecular formula is C34H43N7O4. The van der Waals surface area contributed by atoms with Gasteiger partial charge in [-0.05, 0) is 68.9 Å². The zero-order chi connectivity index (χ0) is 31.4. The van der Waals surface area contributed by atoms with E-state index < -0.39 is 0 Å². The van der Waals surface area contributed by atoms with Gasteiger partial charge in [-0.1, -0.05) is 12.8 Å². The van der Waals surface area contributed by atoms with E-state index in [0.717, 1.165) is 72.4 Å². The molecule has 1 saturated carbocycles. The molecule has 11 nitrogen and oxygen atoms in total. The third kappa shape index (κ3) is 5.35. The Morgan fingerprint density at radius 1 is 1.07 bits per heavy atom. The number of hydrogen-bond donors (Lipinski definition) is 2. The number of nitrogens with zero attached hydrogens (tertiary/aromatic N) is 5. The second-order valence-corrected chi connectivity index (χ2v) is 13.0. The molecule has 2 amide bonds. The van der Waals surface area contributed by atoms with E-state index >= 15 is 0 Å². The Morgan fingerprint density at radius 3 is 2.69 bits per heavy atom. The van der Waals surface area contributed by atoms with E-state index in [1.807, 2.05) is 30.7 Å². The Balaban J connectivity index is 1.27. The highest BCUT2D eigenvalue weighted by Crippen LogP contribution is 2.43. The standard InChI is InChI=1S/C34H43N7O4/c1-19-25-10-9-21-16-27(41(31(21)37-25)12-7-5-6-8-20-14-23(20)33(42)36-19)32-38-26-15-22(17-29(45-4)30(26)39(32)2)34(43)40-13-11-28(44-3)24(35)18-40/h9-10,15-17,19-20,23-24,28H,5-8,11-14,18,35H2,1-4H3,(H,36,42)/t19-,20-,23-,24+,28-/m1/s1. The SMILES string of the molecule is COc1cc(C(=O)N2CC[C@@H](OC)[C@@H](N)C2)cc2nc(-c3cc4ccc5nc4n3CCCCC[C@@H]3C[C@H]3C(=O)N[C@@H]5C)n(C)c12. The number of likely N-dealkylation sites (tertiary alicyclic amines) is 1. The lowest BCUT2D eigenvalue weighted by Gasteiger charge is -2.36. The van der Waals surface area contributed by atoms with Gasteiger partial charge in [0.2, 0.25) is 5.91 Å². The van der Waals surface area contributed by atoms with Crippen LogP contribution in [0.15, 0.2) is 30.3 Å². The van der Waals surface area contributed by atoms with E-state index in [1.165, 1.54) is 0 Å². The summed E-state index contributed by atoms with van der Waals surface area (Å²) >= 11 is 0. The Bertz CT molecular complexity index is 1780. The number of carbonyl (C=O) groups excluding carboxylic acids is 2. The number of ether oxygens (including phenoxy) is 2. The van der Waals surface area contributed by atoms with Crippen LogP contribution in [0, 0.1) is 11.8 Å². The lowest BCUT2D eigenvalue weighted by molar-refractivity contribution is -0.123. The number of methoxy groups -OCH3 is 2. The molecule has 1 aliphatic carbocycles. The third-order valence-corrected chi connectivity index (χ3v) is 10.1. The van der Waals surface area contributed by atoms with Crippen molar-refractivity contribution in [3.63, 3.8) is 0 Å². The minimum absolute atomic E-state index is 0.0500. The largest absolute Gasteiger partial charge is 0.494 e. The first-order valence-corrected chi connectivity index (χ1v) is 16.2. The Kier molecular flexibility index (Phi) is 7.77. The second-order valence-electron chi connectivity index (χ2n) is 13.0. The minimum atomic E-state index is -0.233. The highest BCUT2D eigenvalue weighted by Gasteiger charge is 2.42. The van der Waals surface area contributed by atoms with Crippen molar-refractivity contribution in [2.75, 3.05) is 27.3 Å². The zero-order valence-corrected chi connectivity index (χ0v) is 26.6. The molecule has 1 aromatic carbocycles. The number of nitrogens with two attached hydrogens (primary N) is 1. The fourth-order valence-corrected chi connectivity index (χ4v) is 7.37. The van der Waals surface area contributed by atoms with Crippen molar-refractivity contribution >= 4 is 33.9 Å². The predicted octanol–water partition coefficient (Wildman–Crippen LogP) is 4.17. The highest BCUT2D eigenvalue weighted by molar-refractivity contribution is 6.00. The van der Waals surface area contributed by atoms with E-state index in [1.54, 1.807) is 25.2 Å². The smallest absolute Gasteiger partial charge is 0.254 e.